The first-order valence-corrected chi connectivity index (χ1v) is 9.12. The molecule has 2 N–H and O–H groups in total. The second-order valence-electron chi connectivity index (χ2n) is 6.54. The molecule has 128 valence electrons. The van der Waals surface area contributed by atoms with Crippen molar-refractivity contribution < 1.29 is 13.2 Å². The summed E-state index contributed by atoms with van der Waals surface area (Å²) in [5.74, 6) is -0.303. The highest BCUT2D eigenvalue weighted by Crippen LogP contribution is 2.13. The number of benzene rings is 2. The van der Waals surface area contributed by atoms with E-state index in [4.69, 9.17) is 0 Å². The Morgan fingerprint density at radius 3 is 2.29 bits per heavy atom. The van der Waals surface area contributed by atoms with Gasteiger partial charge in [0, 0.05) is 17.6 Å². The number of amides is 1. The van der Waals surface area contributed by atoms with Gasteiger partial charge in [-0.15, -0.1) is 0 Å². The highest BCUT2D eigenvalue weighted by atomic mass is 32.2. The van der Waals surface area contributed by atoms with Gasteiger partial charge in [0.05, 0.1) is 4.90 Å². The third-order valence-electron chi connectivity index (χ3n) is 3.20. The molecule has 0 saturated carbocycles. The number of carbonyl (C=O) groups excluding carboxylic acids is 1. The predicted octanol–water partition coefficient (Wildman–Crippen LogP) is 2.69. The van der Waals surface area contributed by atoms with E-state index in [-0.39, 0.29) is 17.3 Å². The third-order valence-corrected chi connectivity index (χ3v) is 4.60. The van der Waals surface area contributed by atoms with Crippen LogP contribution in [0, 0.1) is 0 Å². The third kappa shape index (κ3) is 5.18. The molecule has 0 aromatic heterocycles. The Labute approximate surface area is 143 Å². The molecular weight excluding hydrogens is 324 g/mol. The van der Waals surface area contributed by atoms with Gasteiger partial charge in [-0.2, -0.15) is 0 Å². The van der Waals surface area contributed by atoms with Crippen molar-refractivity contribution in [3.63, 3.8) is 0 Å². The standard InChI is InChI=1S/C18H22N2O3S/c1-18(2,3)20-17(21)15-10-7-11-16(12-15)24(22,23)19-13-14-8-5-4-6-9-14/h4-12,19H,13H2,1-3H3,(H,20,21). The zero-order chi connectivity index (χ0) is 17.8. The second-order valence-corrected chi connectivity index (χ2v) is 8.31. The minimum absolute atomic E-state index is 0.0694. The van der Waals surface area contributed by atoms with Gasteiger partial charge >= 0.3 is 0 Å². The number of rotatable bonds is 5. The molecule has 0 aliphatic carbocycles. The van der Waals surface area contributed by atoms with Gasteiger partial charge in [0.1, 0.15) is 0 Å². The van der Waals surface area contributed by atoms with E-state index in [1.165, 1.54) is 12.1 Å². The Bertz CT molecular complexity index is 810. The van der Waals surface area contributed by atoms with E-state index in [9.17, 15) is 13.2 Å². The van der Waals surface area contributed by atoms with E-state index < -0.39 is 15.6 Å². The summed E-state index contributed by atoms with van der Waals surface area (Å²) in [7, 11) is -3.69. The smallest absolute Gasteiger partial charge is 0.251 e. The number of nitrogens with one attached hydrogen (secondary N) is 2. The summed E-state index contributed by atoms with van der Waals surface area (Å²) in [5, 5.41) is 2.82. The maximum Gasteiger partial charge on any atom is 0.251 e. The maximum atomic E-state index is 12.4. The van der Waals surface area contributed by atoms with Crippen LogP contribution in [0.5, 0.6) is 0 Å². The number of carbonyl (C=O) groups is 1. The van der Waals surface area contributed by atoms with E-state index in [0.717, 1.165) is 5.56 Å². The van der Waals surface area contributed by atoms with Crippen LogP contribution in [0.4, 0.5) is 0 Å². The van der Waals surface area contributed by atoms with E-state index in [0.29, 0.717) is 5.56 Å². The molecule has 0 atom stereocenters. The summed E-state index contributed by atoms with van der Waals surface area (Å²) < 4.78 is 27.4. The number of hydrogen-bond donors (Lipinski definition) is 2. The molecule has 0 fully saturated rings. The lowest BCUT2D eigenvalue weighted by atomic mass is 10.1. The summed E-state index contributed by atoms with van der Waals surface area (Å²) in [6.07, 6.45) is 0. The summed E-state index contributed by atoms with van der Waals surface area (Å²) in [4.78, 5) is 12.3. The van der Waals surface area contributed by atoms with Crippen LogP contribution in [0.2, 0.25) is 0 Å². The van der Waals surface area contributed by atoms with E-state index >= 15 is 0 Å². The average Bonchev–Trinajstić information content (AvgIpc) is 2.53. The van der Waals surface area contributed by atoms with Crippen LogP contribution >= 0.6 is 0 Å². The largest absolute Gasteiger partial charge is 0.347 e. The highest BCUT2D eigenvalue weighted by molar-refractivity contribution is 7.89. The molecule has 2 aromatic rings. The van der Waals surface area contributed by atoms with Gasteiger partial charge < -0.3 is 5.32 Å². The normalized spacial score (nSPS) is 12.0. The molecule has 2 rings (SSSR count). The minimum Gasteiger partial charge on any atom is -0.347 e. The molecule has 1 amide bonds. The Balaban J connectivity index is 2.16. The fourth-order valence-corrected chi connectivity index (χ4v) is 3.14. The van der Waals surface area contributed by atoms with Crippen molar-refractivity contribution in [1.82, 2.24) is 10.0 Å². The van der Waals surface area contributed by atoms with Crippen molar-refractivity contribution in [2.24, 2.45) is 0 Å². The first kappa shape index (κ1) is 18.2. The Kier molecular flexibility index (Phi) is 5.41. The number of hydrogen-bond acceptors (Lipinski definition) is 3. The fraction of sp³-hybridized carbons (Fsp3) is 0.278. The molecule has 0 heterocycles. The molecule has 24 heavy (non-hydrogen) atoms. The summed E-state index contributed by atoms with van der Waals surface area (Å²) >= 11 is 0. The lowest BCUT2D eigenvalue weighted by Gasteiger charge is -2.20. The zero-order valence-corrected chi connectivity index (χ0v) is 14.9. The Morgan fingerprint density at radius 2 is 1.67 bits per heavy atom. The van der Waals surface area contributed by atoms with Gasteiger partial charge in [-0.3, -0.25) is 4.79 Å². The minimum atomic E-state index is -3.69. The SMILES string of the molecule is CC(C)(C)NC(=O)c1cccc(S(=O)(=O)NCc2ccccc2)c1. The van der Waals surface area contributed by atoms with Crippen LogP contribution in [0.3, 0.4) is 0 Å². The van der Waals surface area contributed by atoms with Crippen LogP contribution in [-0.2, 0) is 16.6 Å². The Hall–Kier alpha value is -2.18. The van der Waals surface area contributed by atoms with Gasteiger partial charge in [-0.05, 0) is 44.5 Å². The van der Waals surface area contributed by atoms with Gasteiger partial charge in [0.2, 0.25) is 10.0 Å². The van der Waals surface area contributed by atoms with E-state index in [1.807, 2.05) is 51.1 Å². The van der Waals surface area contributed by atoms with Crippen molar-refractivity contribution in [2.75, 3.05) is 0 Å². The molecule has 0 bridgehead atoms. The molecule has 0 aliphatic heterocycles. The van der Waals surface area contributed by atoms with E-state index in [1.54, 1.807) is 12.1 Å². The molecule has 0 spiro atoms. The number of sulfonamides is 1. The molecule has 2 aromatic carbocycles. The predicted molar refractivity (Wildman–Crippen MR) is 94.1 cm³/mol. The second kappa shape index (κ2) is 7.15. The van der Waals surface area contributed by atoms with Gasteiger partial charge in [0.15, 0.2) is 0 Å². The van der Waals surface area contributed by atoms with Crippen molar-refractivity contribution in [3.8, 4) is 0 Å². The average molecular weight is 346 g/mol. The van der Waals surface area contributed by atoms with Gasteiger partial charge in [-0.1, -0.05) is 36.4 Å². The van der Waals surface area contributed by atoms with Crippen molar-refractivity contribution in [1.29, 1.82) is 0 Å². The molecule has 0 saturated heterocycles. The van der Waals surface area contributed by atoms with Crippen molar-refractivity contribution >= 4 is 15.9 Å². The zero-order valence-electron chi connectivity index (χ0n) is 14.0. The first-order valence-electron chi connectivity index (χ1n) is 7.63. The lowest BCUT2D eigenvalue weighted by Crippen LogP contribution is -2.40. The van der Waals surface area contributed by atoms with Crippen LogP contribution < -0.4 is 10.0 Å². The first-order chi connectivity index (χ1) is 11.2. The summed E-state index contributed by atoms with van der Waals surface area (Å²) in [5.41, 5.74) is 0.785. The monoisotopic (exact) mass is 346 g/mol. The van der Waals surface area contributed by atoms with Crippen LogP contribution in [0.1, 0.15) is 36.7 Å². The van der Waals surface area contributed by atoms with Gasteiger partial charge in [0.25, 0.3) is 5.91 Å². The van der Waals surface area contributed by atoms with Crippen LogP contribution in [0.25, 0.3) is 0 Å². The van der Waals surface area contributed by atoms with Crippen molar-refractivity contribution in [2.45, 2.75) is 37.8 Å². The van der Waals surface area contributed by atoms with E-state index in [2.05, 4.69) is 10.0 Å². The summed E-state index contributed by atoms with van der Waals surface area (Å²) in [6, 6.07) is 15.3. The highest BCUT2D eigenvalue weighted by Gasteiger charge is 2.19. The molecular formula is C18H22N2O3S. The van der Waals surface area contributed by atoms with Crippen LogP contribution in [-0.4, -0.2) is 19.9 Å². The topological polar surface area (TPSA) is 75.3 Å². The van der Waals surface area contributed by atoms with Gasteiger partial charge in [-0.25, -0.2) is 13.1 Å². The Morgan fingerprint density at radius 1 is 1.00 bits per heavy atom. The molecule has 0 aliphatic rings. The molecule has 0 unspecified atom stereocenters. The summed E-state index contributed by atoms with van der Waals surface area (Å²) in [6.45, 7) is 5.80. The van der Waals surface area contributed by atoms with Crippen molar-refractivity contribution in [3.05, 3.63) is 65.7 Å². The fourth-order valence-electron chi connectivity index (χ4n) is 2.07. The maximum absolute atomic E-state index is 12.4. The quantitative estimate of drug-likeness (QED) is 0.874. The molecule has 5 nitrogen and oxygen atoms in total. The molecule has 0 radical (unpaired) electrons. The van der Waals surface area contributed by atoms with Crippen LogP contribution in [0.15, 0.2) is 59.5 Å². The lowest BCUT2D eigenvalue weighted by molar-refractivity contribution is 0.0919. The molecule has 6 heteroatoms.